The first-order chi connectivity index (χ1) is 7.50. The summed E-state index contributed by atoms with van der Waals surface area (Å²) in [6, 6.07) is 2.24. The van der Waals surface area contributed by atoms with Crippen molar-refractivity contribution in [2.24, 2.45) is 5.73 Å². The van der Waals surface area contributed by atoms with Gasteiger partial charge in [0.2, 0.25) is 0 Å². The van der Waals surface area contributed by atoms with Gasteiger partial charge in [-0.15, -0.1) is 0 Å². The average molecular weight is 283 g/mol. The summed E-state index contributed by atoms with van der Waals surface area (Å²) in [6.07, 6.45) is 1.77. The molecule has 16 heavy (non-hydrogen) atoms. The van der Waals surface area contributed by atoms with E-state index < -0.39 is 0 Å². The zero-order valence-electron chi connectivity index (χ0n) is 9.61. The molecule has 0 fully saturated rings. The predicted octanol–water partition coefficient (Wildman–Crippen LogP) is 2.79. The van der Waals surface area contributed by atoms with Gasteiger partial charge in [-0.3, -0.25) is 0 Å². The number of pyridine rings is 1. The van der Waals surface area contributed by atoms with Crippen LogP contribution in [-0.2, 0) is 0 Å². The number of aromatic nitrogens is 3. The van der Waals surface area contributed by atoms with Crippen LogP contribution in [0.2, 0.25) is 0 Å². The largest absolute Gasteiger partial charge is 0.324 e. The maximum atomic E-state index is 5.94. The van der Waals surface area contributed by atoms with Crippen molar-refractivity contribution >= 4 is 27.0 Å². The number of nitrogens with zero attached hydrogens (tertiary/aromatic N) is 3. The fourth-order valence-electron chi connectivity index (χ4n) is 1.86. The highest BCUT2D eigenvalue weighted by molar-refractivity contribution is 9.10. The minimum atomic E-state index is -0.0754. The third-order valence-electron chi connectivity index (χ3n) is 2.49. The van der Waals surface area contributed by atoms with Crippen LogP contribution in [0.25, 0.3) is 11.0 Å². The molecule has 4 nitrogen and oxygen atoms in total. The molecule has 1 atom stereocenters. The third-order valence-corrected chi connectivity index (χ3v) is 2.93. The van der Waals surface area contributed by atoms with E-state index in [4.69, 9.17) is 5.73 Å². The van der Waals surface area contributed by atoms with Crippen LogP contribution < -0.4 is 5.73 Å². The van der Waals surface area contributed by atoms with E-state index in [1.165, 1.54) is 0 Å². The second-order valence-electron chi connectivity index (χ2n) is 4.22. The highest BCUT2D eigenvalue weighted by atomic mass is 79.9. The van der Waals surface area contributed by atoms with Gasteiger partial charge in [-0.1, -0.05) is 0 Å². The molecular formula is C11H15BrN4. The molecule has 0 amide bonds. The number of nitrogens with two attached hydrogens (primary N) is 1. The van der Waals surface area contributed by atoms with Crippen LogP contribution in [0.3, 0.4) is 0 Å². The van der Waals surface area contributed by atoms with Gasteiger partial charge in [0.25, 0.3) is 0 Å². The maximum Gasteiger partial charge on any atom is 0.126 e. The summed E-state index contributed by atoms with van der Waals surface area (Å²) >= 11 is 3.38. The quantitative estimate of drug-likeness (QED) is 0.862. The molecule has 2 aromatic rings. The van der Waals surface area contributed by atoms with Crippen molar-refractivity contribution in [2.45, 2.75) is 32.9 Å². The van der Waals surface area contributed by atoms with Gasteiger partial charge in [0, 0.05) is 6.04 Å². The van der Waals surface area contributed by atoms with Crippen molar-refractivity contribution in [1.82, 2.24) is 14.5 Å². The summed E-state index contributed by atoms with van der Waals surface area (Å²) in [7, 11) is 0. The van der Waals surface area contributed by atoms with E-state index in [1.807, 2.05) is 13.0 Å². The van der Waals surface area contributed by atoms with Gasteiger partial charge in [0.1, 0.15) is 15.9 Å². The van der Waals surface area contributed by atoms with Gasteiger partial charge in [0.15, 0.2) is 0 Å². The number of hydrogen-bond acceptors (Lipinski definition) is 3. The Morgan fingerprint density at radius 1 is 1.38 bits per heavy atom. The summed E-state index contributed by atoms with van der Waals surface area (Å²) in [6.45, 7) is 6.20. The van der Waals surface area contributed by atoms with Gasteiger partial charge in [0.05, 0.1) is 17.8 Å². The molecule has 86 valence electrons. The van der Waals surface area contributed by atoms with E-state index in [1.54, 1.807) is 6.20 Å². The van der Waals surface area contributed by atoms with E-state index in [2.05, 4.69) is 44.3 Å². The topological polar surface area (TPSA) is 56.7 Å². The van der Waals surface area contributed by atoms with E-state index in [9.17, 15) is 0 Å². The van der Waals surface area contributed by atoms with Crippen molar-refractivity contribution in [1.29, 1.82) is 0 Å². The highest BCUT2D eigenvalue weighted by Gasteiger charge is 2.16. The standard InChI is InChI=1S/C11H15BrN4/c1-6(2)16-9-4-10(12)14-5-8(9)15-11(16)7(3)13/h4-7H,13H2,1-3H3/t7-/m1/s1. The Bertz CT molecular complexity index is 516. The van der Waals surface area contributed by atoms with Crippen LogP contribution in [0.4, 0.5) is 0 Å². The molecule has 0 bridgehead atoms. The van der Waals surface area contributed by atoms with Gasteiger partial charge < -0.3 is 10.3 Å². The van der Waals surface area contributed by atoms with Crippen molar-refractivity contribution in [2.75, 3.05) is 0 Å². The highest BCUT2D eigenvalue weighted by Crippen LogP contribution is 2.25. The molecule has 5 heteroatoms. The molecule has 0 aliphatic carbocycles. The lowest BCUT2D eigenvalue weighted by Crippen LogP contribution is -2.14. The van der Waals surface area contributed by atoms with Gasteiger partial charge in [-0.2, -0.15) is 0 Å². The van der Waals surface area contributed by atoms with Crippen molar-refractivity contribution in [3.05, 3.63) is 22.7 Å². The Morgan fingerprint density at radius 2 is 2.06 bits per heavy atom. The molecule has 0 radical (unpaired) electrons. The van der Waals surface area contributed by atoms with Crippen molar-refractivity contribution < 1.29 is 0 Å². The third kappa shape index (κ3) is 1.85. The van der Waals surface area contributed by atoms with E-state index in [-0.39, 0.29) is 6.04 Å². The zero-order chi connectivity index (χ0) is 11.9. The number of hydrogen-bond donors (Lipinski definition) is 1. The Balaban J connectivity index is 2.77. The summed E-state index contributed by atoms with van der Waals surface area (Å²) in [5.41, 5.74) is 7.90. The summed E-state index contributed by atoms with van der Waals surface area (Å²) in [4.78, 5) is 8.71. The fraction of sp³-hybridized carbons (Fsp3) is 0.455. The maximum absolute atomic E-state index is 5.94. The van der Waals surface area contributed by atoms with E-state index in [0.29, 0.717) is 6.04 Å². The molecule has 2 rings (SSSR count). The number of fused-ring (bicyclic) bond motifs is 1. The molecule has 0 spiro atoms. The van der Waals surface area contributed by atoms with E-state index in [0.717, 1.165) is 21.5 Å². The molecule has 0 unspecified atom stereocenters. The van der Waals surface area contributed by atoms with Crippen LogP contribution in [0, 0.1) is 0 Å². The van der Waals surface area contributed by atoms with Crippen LogP contribution >= 0.6 is 15.9 Å². The van der Waals surface area contributed by atoms with Crippen molar-refractivity contribution in [3.8, 4) is 0 Å². The minimum Gasteiger partial charge on any atom is -0.324 e. The first-order valence-corrected chi connectivity index (χ1v) is 6.09. The van der Waals surface area contributed by atoms with Gasteiger partial charge in [-0.05, 0) is 42.8 Å². The number of imidazole rings is 1. The minimum absolute atomic E-state index is 0.0754. The first-order valence-electron chi connectivity index (χ1n) is 5.29. The van der Waals surface area contributed by atoms with Crippen LogP contribution in [0.5, 0.6) is 0 Å². The molecule has 0 aliphatic rings. The molecule has 0 saturated heterocycles. The molecular weight excluding hydrogens is 268 g/mol. The lowest BCUT2D eigenvalue weighted by Gasteiger charge is -2.14. The number of rotatable bonds is 2. The second kappa shape index (κ2) is 4.14. The van der Waals surface area contributed by atoms with Gasteiger partial charge in [-0.25, -0.2) is 9.97 Å². The average Bonchev–Trinajstić information content (AvgIpc) is 2.55. The lowest BCUT2D eigenvalue weighted by molar-refractivity contribution is 0.557. The smallest absolute Gasteiger partial charge is 0.126 e. The van der Waals surface area contributed by atoms with Crippen LogP contribution in [-0.4, -0.2) is 14.5 Å². The van der Waals surface area contributed by atoms with E-state index >= 15 is 0 Å². The van der Waals surface area contributed by atoms with Crippen molar-refractivity contribution in [3.63, 3.8) is 0 Å². The van der Waals surface area contributed by atoms with Gasteiger partial charge >= 0.3 is 0 Å². The Labute approximate surface area is 103 Å². The normalized spacial score (nSPS) is 13.6. The van der Waals surface area contributed by atoms with Crippen LogP contribution in [0.15, 0.2) is 16.9 Å². The van der Waals surface area contributed by atoms with Crippen LogP contribution in [0.1, 0.15) is 38.7 Å². The molecule has 0 aromatic carbocycles. The fourth-order valence-corrected chi connectivity index (χ4v) is 2.18. The summed E-state index contributed by atoms with van der Waals surface area (Å²) in [5.74, 6) is 0.907. The first kappa shape index (κ1) is 11.5. The second-order valence-corrected chi connectivity index (χ2v) is 5.03. The predicted molar refractivity (Wildman–Crippen MR) is 68.2 cm³/mol. The monoisotopic (exact) mass is 282 g/mol. The Hall–Kier alpha value is -0.940. The summed E-state index contributed by atoms with van der Waals surface area (Å²) < 4.78 is 2.98. The molecule has 2 N–H and O–H groups in total. The molecule has 0 saturated carbocycles. The Morgan fingerprint density at radius 3 is 2.62 bits per heavy atom. The lowest BCUT2D eigenvalue weighted by atomic mass is 10.3. The number of halogens is 1. The molecule has 0 aliphatic heterocycles. The SMILES string of the molecule is CC(C)n1c([C@@H](C)N)nc2cnc(Br)cc21. The summed E-state index contributed by atoms with van der Waals surface area (Å²) in [5, 5.41) is 0. The zero-order valence-corrected chi connectivity index (χ0v) is 11.2. The molecule has 2 heterocycles. The Kier molecular flexibility index (Phi) is 2.99. The molecule has 2 aromatic heterocycles.